The second-order valence-electron chi connectivity index (χ2n) is 7.15. The number of rotatable bonds is 4. The minimum absolute atomic E-state index is 0.00443. The first kappa shape index (κ1) is 16.8. The number of aliphatic carboxylic acids is 1. The molecule has 1 N–H and O–H groups in total. The van der Waals surface area contributed by atoms with Crippen molar-refractivity contribution in [2.45, 2.75) is 38.0 Å². The van der Waals surface area contributed by atoms with Crippen LogP contribution < -0.4 is 4.74 Å². The number of benzene rings is 1. The van der Waals surface area contributed by atoms with Crippen LogP contribution in [0.2, 0.25) is 0 Å². The van der Waals surface area contributed by atoms with Crippen molar-refractivity contribution < 1.29 is 19.4 Å². The van der Waals surface area contributed by atoms with Crippen LogP contribution in [0.1, 0.15) is 38.2 Å². The van der Waals surface area contributed by atoms with Gasteiger partial charge in [-0.2, -0.15) is 0 Å². The second-order valence-corrected chi connectivity index (χ2v) is 7.15. The molecule has 3 rings (SSSR count). The highest BCUT2D eigenvalue weighted by Gasteiger charge is 2.48. The molecule has 1 saturated carbocycles. The summed E-state index contributed by atoms with van der Waals surface area (Å²) < 4.78 is 5.33. The van der Waals surface area contributed by atoms with Crippen molar-refractivity contribution in [3.05, 3.63) is 29.8 Å². The number of nitrogens with zero attached hydrogens (tertiary/aromatic N) is 1. The van der Waals surface area contributed by atoms with Gasteiger partial charge in [0.25, 0.3) is 0 Å². The van der Waals surface area contributed by atoms with Crippen LogP contribution in [0, 0.1) is 11.8 Å². The number of ether oxygens (including phenoxy) is 1. The predicted molar refractivity (Wildman–Crippen MR) is 90.0 cm³/mol. The van der Waals surface area contributed by atoms with E-state index in [0.29, 0.717) is 13.1 Å². The van der Waals surface area contributed by atoms with Gasteiger partial charge in [0.15, 0.2) is 0 Å². The molecule has 0 unspecified atom stereocenters. The minimum Gasteiger partial charge on any atom is -0.497 e. The zero-order valence-corrected chi connectivity index (χ0v) is 14.3. The Morgan fingerprint density at radius 3 is 2.54 bits per heavy atom. The van der Waals surface area contributed by atoms with Crippen molar-refractivity contribution in [2.24, 2.45) is 11.8 Å². The zero-order valence-electron chi connectivity index (χ0n) is 14.3. The summed E-state index contributed by atoms with van der Waals surface area (Å²) in [6.45, 7) is 2.77. The maximum Gasteiger partial charge on any atom is 0.308 e. The maximum absolute atomic E-state index is 13.4. The first-order valence-electron chi connectivity index (χ1n) is 8.64. The lowest BCUT2D eigenvalue weighted by atomic mass is 9.77. The summed E-state index contributed by atoms with van der Waals surface area (Å²) in [4.78, 5) is 26.5. The lowest BCUT2D eigenvalue weighted by Crippen LogP contribution is -2.44. The number of hydrogen-bond acceptors (Lipinski definition) is 3. The van der Waals surface area contributed by atoms with Gasteiger partial charge in [-0.25, -0.2) is 0 Å². The van der Waals surface area contributed by atoms with Crippen LogP contribution >= 0.6 is 0 Å². The second kappa shape index (κ2) is 6.46. The molecule has 2 aliphatic rings. The number of carboxylic acid groups (broad SMARTS) is 1. The normalized spacial score (nSPS) is 25.7. The fraction of sp³-hybridized carbons (Fsp3) is 0.579. The van der Waals surface area contributed by atoms with Crippen molar-refractivity contribution in [1.29, 1.82) is 0 Å². The third-order valence-electron chi connectivity index (χ3n) is 5.71. The van der Waals surface area contributed by atoms with E-state index < -0.39 is 17.3 Å². The van der Waals surface area contributed by atoms with Gasteiger partial charge in [0, 0.05) is 13.1 Å². The monoisotopic (exact) mass is 331 g/mol. The van der Waals surface area contributed by atoms with E-state index in [4.69, 9.17) is 4.74 Å². The van der Waals surface area contributed by atoms with Crippen molar-refractivity contribution in [2.75, 3.05) is 20.2 Å². The highest BCUT2D eigenvalue weighted by Crippen LogP contribution is 2.44. The Balaban J connectivity index is 1.91. The van der Waals surface area contributed by atoms with Gasteiger partial charge in [-0.3, -0.25) is 9.59 Å². The molecule has 2 atom stereocenters. The molecule has 130 valence electrons. The summed E-state index contributed by atoms with van der Waals surface area (Å²) in [5.41, 5.74) is 0.470. The Hall–Kier alpha value is -2.04. The van der Waals surface area contributed by atoms with Crippen LogP contribution in [-0.4, -0.2) is 42.1 Å². The van der Waals surface area contributed by atoms with Gasteiger partial charge < -0.3 is 14.7 Å². The molecule has 24 heavy (non-hydrogen) atoms. The Bertz CT molecular complexity index is 636. The standard InChI is InChI=1S/C19H25NO4/c1-13-11-20(12-16(13)17(21)22)18(23)19(8-3-4-9-19)14-6-5-7-15(10-14)24-2/h5-7,10,13,16H,3-4,8-9,11-12H2,1-2H3,(H,21,22)/t13-,16-/m1/s1. The van der Waals surface area contributed by atoms with E-state index in [9.17, 15) is 14.7 Å². The van der Waals surface area contributed by atoms with Gasteiger partial charge >= 0.3 is 5.97 Å². The van der Waals surface area contributed by atoms with Gasteiger partial charge in [-0.1, -0.05) is 31.9 Å². The van der Waals surface area contributed by atoms with E-state index >= 15 is 0 Å². The van der Waals surface area contributed by atoms with E-state index in [-0.39, 0.29) is 11.8 Å². The fourth-order valence-corrected chi connectivity index (χ4v) is 4.28. The molecule has 1 aromatic carbocycles. The summed E-state index contributed by atoms with van der Waals surface area (Å²) in [6.07, 6.45) is 3.69. The van der Waals surface area contributed by atoms with Crippen LogP contribution in [0.3, 0.4) is 0 Å². The molecule has 0 radical (unpaired) electrons. The van der Waals surface area contributed by atoms with Crippen LogP contribution in [0.5, 0.6) is 5.75 Å². The van der Waals surface area contributed by atoms with Gasteiger partial charge in [0.2, 0.25) is 5.91 Å². The minimum atomic E-state index is -0.806. The molecule has 5 nitrogen and oxygen atoms in total. The van der Waals surface area contributed by atoms with Gasteiger partial charge in [0.05, 0.1) is 18.4 Å². The van der Waals surface area contributed by atoms with Crippen molar-refractivity contribution in [3.63, 3.8) is 0 Å². The molecule has 1 aromatic rings. The molecule has 1 amide bonds. The SMILES string of the molecule is COc1cccc(C2(C(=O)N3C[C@@H](C)[C@H](C(=O)O)C3)CCCC2)c1. The van der Waals surface area contributed by atoms with Crippen LogP contribution in [0.25, 0.3) is 0 Å². The molecule has 1 heterocycles. The topological polar surface area (TPSA) is 66.8 Å². The smallest absolute Gasteiger partial charge is 0.308 e. The number of carbonyl (C=O) groups excluding carboxylic acids is 1. The van der Waals surface area contributed by atoms with E-state index in [1.165, 1.54) is 0 Å². The number of methoxy groups -OCH3 is 1. The van der Waals surface area contributed by atoms with Crippen molar-refractivity contribution >= 4 is 11.9 Å². The largest absolute Gasteiger partial charge is 0.497 e. The zero-order chi connectivity index (χ0) is 17.3. The number of carboxylic acids is 1. The number of likely N-dealkylation sites (tertiary alicyclic amines) is 1. The molecule has 1 saturated heterocycles. The highest BCUT2D eigenvalue weighted by molar-refractivity contribution is 5.89. The molecule has 0 aromatic heterocycles. The quantitative estimate of drug-likeness (QED) is 0.921. The average molecular weight is 331 g/mol. The Morgan fingerprint density at radius 2 is 1.96 bits per heavy atom. The lowest BCUT2D eigenvalue weighted by molar-refractivity contribution is -0.142. The maximum atomic E-state index is 13.4. The van der Waals surface area contributed by atoms with E-state index in [1.54, 1.807) is 12.0 Å². The Labute approximate surface area is 142 Å². The fourth-order valence-electron chi connectivity index (χ4n) is 4.28. The predicted octanol–water partition coefficient (Wildman–Crippen LogP) is 2.69. The van der Waals surface area contributed by atoms with Crippen LogP contribution in [0.15, 0.2) is 24.3 Å². The Morgan fingerprint density at radius 1 is 1.25 bits per heavy atom. The molecule has 1 aliphatic heterocycles. The van der Waals surface area contributed by atoms with Gasteiger partial charge in [0.1, 0.15) is 5.75 Å². The van der Waals surface area contributed by atoms with Crippen LogP contribution in [-0.2, 0) is 15.0 Å². The van der Waals surface area contributed by atoms with E-state index in [0.717, 1.165) is 37.0 Å². The highest BCUT2D eigenvalue weighted by atomic mass is 16.5. The summed E-state index contributed by atoms with van der Waals surface area (Å²) in [5, 5.41) is 9.34. The number of hydrogen-bond donors (Lipinski definition) is 1. The Kier molecular flexibility index (Phi) is 4.52. The molecular weight excluding hydrogens is 306 g/mol. The van der Waals surface area contributed by atoms with Gasteiger partial charge in [-0.05, 0) is 36.5 Å². The summed E-state index contributed by atoms with van der Waals surface area (Å²) in [5.74, 6) is -0.429. The van der Waals surface area contributed by atoms with E-state index in [2.05, 4.69) is 0 Å². The molecule has 1 aliphatic carbocycles. The average Bonchev–Trinajstić information content (AvgIpc) is 3.22. The molecule has 2 fully saturated rings. The first-order chi connectivity index (χ1) is 11.5. The molecular formula is C19H25NO4. The van der Waals surface area contributed by atoms with Crippen LogP contribution in [0.4, 0.5) is 0 Å². The first-order valence-corrected chi connectivity index (χ1v) is 8.64. The lowest BCUT2D eigenvalue weighted by Gasteiger charge is -2.33. The summed E-state index contributed by atoms with van der Waals surface area (Å²) >= 11 is 0. The third-order valence-corrected chi connectivity index (χ3v) is 5.71. The number of carbonyl (C=O) groups is 2. The summed E-state index contributed by atoms with van der Waals surface area (Å²) in [6, 6.07) is 7.76. The third kappa shape index (κ3) is 2.76. The van der Waals surface area contributed by atoms with Crippen molar-refractivity contribution in [1.82, 2.24) is 4.90 Å². The van der Waals surface area contributed by atoms with Gasteiger partial charge in [-0.15, -0.1) is 0 Å². The molecule has 0 bridgehead atoms. The van der Waals surface area contributed by atoms with Crippen molar-refractivity contribution in [3.8, 4) is 5.75 Å². The van der Waals surface area contributed by atoms with E-state index in [1.807, 2.05) is 31.2 Å². The summed E-state index contributed by atoms with van der Waals surface area (Å²) in [7, 11) is 1.63. The number of amides is 1. The molecule has 0 spiro atoms. The molecule has 5 heteroatoms.